The Bertz CT molecular complexity index is 503. The van der Waals surface area contributed by atoms with E-state index in [0.717, 1.165) is 42.8 Å². The number of rotatable bonds is 7. The molecule has 1 saturated heterocycles. The van der Waals surface area contributed by atoms with Crippen molar-refractivity contribution in [1.82, 2.24) is 20.7 Å². The van der Waals surface area contributed by atoms with E-state index in [9.17, 15) is 0 Å². The largest absolute Gasteiger partial charge is 0.359 e. The molecule has 2 rings (SSSR count). The van der Waals surface area contributed by atoms with E-state index in [1.807, 2.05) is 6.07 Å². The van der Waals surface area contributed by atoms with Crippen LogP contribution >= 0.6 is 0 Å². The molecular formula is C18H33N5O. The van der Waals surface area contributed by atoms with Gasteiger partial charge in [-0.15, -0.1) is 0 Å². The predicted molar refractivity (Wildman–Crippen MR) is 98.2 cm³/mol. The summed E-state index contributed by atoms with van der Waals surface area (Å²) in [6.07, 6.45) is 3.81. The molecule has 0 aromatic carbocycles. The average molecular weight is 335 g/mol. The summed E-state index contributed by atoms with van der Waals surface area (Å²) in [5, 5.41) is 10.7. The van der Waals surface area contributed by atoms with Crippen molar-refractivity contribution in [1.29, 1.82) is 0 Å². The van der Waals surface area contributed by atoms with Gasteiger partial charge in [0.1, 0.15) is 0 Å². The maximum absolute atomic E-state index is 5.33. The Morgan fingerprint density at radius 1 is 1.38 bits per heavy atom. The van der Waals surface area contributed by atoms with Crippen molar-refractivity contribution in [2.24, 2.45) is 10.9 Å². The van der Waals surface area contributed by atoms with Gasteiger partial charge in [0.15, 0.2) is 11.7 Å². The molecule has 1 aromatic rings. The van der Waals surface area contributed by atoms with Gasteiger partial charge in [-0.05, 0) is 50.7 Å². The van der Waals surface area contributed by atoms with Crippen molar-refractivity contribution in [3.63, 3.8) is 0 Å². The molecule has 0 aliphatic carbocycles. The topological polar surface area (TPSA) is 65.7 Å². The Morgan fingerprint density at radius 2 is 2.12 bits per heavy atom. The molecule has 0 atom stereocenters. The van der Waals surface area contributed by atoms with Crippen LogP contribution in [-0.4, -0.2) is 49.2 Å². The molecule has 0 saturated carbocycles. The highest BCUT2D eigenvalue weighted by molar-refractivity contribution is 5.79. The quantitative estimate of drug-likeness (QED) is 0.455. The van der Waals surface area contributed by atoms with Gasteiger partial charge >= 0.3 is 0 Å². The number of nitrogens with zero attached hydrogens (tertiary/aromatic N) is 3. The second kappa shape index (κ2) is 9.67. The molecule has 1 fully saturated rings. The van der Waals surface area contributed by atoms with E-state index in [0.29, 0.717) is 12.5 Å². The fraction of sp³-hybridized carbons (Fsp3) is 0.778. The third kappa shape index (κ3) is 6.15. The minimum atomic E-state index is 0.387. The fourth-order valence-electron chi connectivity index (χ4n) is 2.87. The lowest BCUT2D eigenvalue weighted by Crippen LogP contribution is -2.39. The van der Waals surface area contributed by atoms with Gasteiger partial charge < -0.3 is 20.1 Å². The lowest BCUT2D eigenvalue weighted by atomic mass is 9.99. The van der Waals surface area contributed by atoms with E-state index in [1.54, 1.807) is 7.05 Å². The molecule has 0 radical (unpaired) electrons. The van der Waals surface area contributed by atoms with Crippen LogP contribution in [0.15, 0.2) is 15.6 Å². The van der Waals surface area contributed by atoms with E-state index < -0.39 is 0 Å². The molecule has 1 aliphatic heterocycles. The summed E-state index contributed by atoms with van der Waals surface area (Å²) in [5.74, 6) is 2.93. The number of hydrogen-bond donors (Lipinski definition) is 2. The lowest BCUT2D eigenvalue weighted by molar-refractivity contribution is 0.191. The van der Waals surface area contributed by atoms with E-state index >= 15 is 0 Å². The zero-order valence-corrected chi connectivity index (χ0v) is 15.6. The van der Waals surface area contributed by atoms with Crippen LogP contribution in [-0.2, 0) is 6.54 Å². The third-order valence-corrected chi connectivity index (χ3v) is 4.64. The van der Waals surface area contributed by atoms with E-state index in [1.165, 1.54) is 25.9 Å². The van der Waals surface area contributed by atoms with Gasteiger partial charge in [-0.25, -0.2) is 0 Å². The van der Waals surface area contributed by atoms with Crippen molar-refractivity contribution in [2.75, 3.05) is 33.2 Å². The summed E-state index contributed by atoms with van der Waals surface area (Å²) in [7, 11) is 1.79. The van der Waals surface area contributed by atoms with Gasteiger partial charge in [0.25, 0.3) is 0 Å². The van der Waals surface area contributed by atoms with Crippen molar-refractivity contribution < 1.29 is 4.52 Å². The molecule has 2 heterocycles. The Morgan fingerprint density at radius 3 is 2.75 bits per heavy atom. The van der Waals surface area contributed by atoms with Crippen molar-refractivity contribution in [3.8, 4) is 0 Å². The highest BCUT2D eigenvalue weighted by atomic mass is 16.5. The van der Waals surface area contributed by atoms with Gasteiger partial charge in [0.05, 0.1) is 12.2 Å². The van der Waals surface area contributed by atoms with Crippen LogP contribution in [0.1, 0.15) is 57.4 Å². The number of nitrogens with one attached hydrogen (secondary N) is 2. The Balaban J connectivity index is 1.61. The fourth-order valence-corrected chi connectivity index (χ4v) is 2.87. The monoisotopic (exact) mass is 335 g/mol. The molecule has 6 nitrogen and oxygen atoms in total. The van der Waals surface area contributed by atoms with E-state index in [4.69, 9.17) is 4.52 Å². The number of aliphatic imine (C=N–C) groups is 1. The second-order valence-electron chi connectivity index (χ2n) is 7.10. The third-order valence-electron chi connectivity index (χ3n) is 4.64. The highest BCUT2D eigenvalue weighted by Crippen LogP contribution is 2.15. The van der Waals surface area contributed by atoms with Crippen LogP contribution in [0.5, 0.6) is 0 Å². The van der Waals surface area contributed by atoms with Crippen molar-refractivity contribution in [2.45, 2.75) is 52.5 Å². The Kier molecular flexibility index (Phi) is 7.56. The minimum Gasteiger partial charge on any atom is -0.359 e. The number of aromatic nitrogens is 1. The van der Waals surface area contributed by atoms with Gasteiger partial charge in [-0.3, -0.25) is 4.99 Å². The summed E-state index contributed by atoms with van der Waals surface area (Å²) < 4.78 is 5.33. The van der Waals surface area contributed by atoms with Crippen molar-refractivity contribution in [3.05, 3.63) is 17.5 Å². The smallest absolute Gasteiger partial charge is 0.191 e. The molecule has 1 aliphatic rings. The highest BCUT2D eigenvalue weighted by Gasteiger charge is 2.14. The molecule has 1 aromatic heterocycles. The summed E-state index contributed by atoms with van der Waals surface area (Å²) in [6.45, 7) is 11.8. The minimum absolute atomic E-state index is 0.387. The van der Waals surface area contributed by atoms with E-state index in [2.05, 4.69) is 46.5 Å². The van der Waals surface area contributed by atoms with Gasteiger partial charge in [-0.1, -0.05) is 25.9 Å². The number of guanidine groups is 1. The first-order chi connectivity index (χ1) is 11.6. The Hall–Kier alpha value is -1.56. The number of hydrogen-bond acceptors (Lipinski definition) is 4. The first-order valence-electron chi connectivity index (χ1n) is 9.21. The summed E-state index contributed by atoms with van der Waals surface area (Å²) in [5.41, 5.74) is 0.991. The molecule has 0 amide bonds. The number of likely N-dealkylation sites (tertiary alicyclic amines) is 1. The van der Waals surface area contributed by atoms with Gasteiger partial charge in [0.2, 0.25) is 0 Å². The SMILES string of the molecule is CN=C(NCCCN1CCC(C)CC1)NCc1cc(C(C)C)no1. The van der Waals surface area contributed by atoms with Crippen molar-refractivity contribution >= 4 is 5.96 Å². The maximum Gasteiger partial charge on any atom is 0.191 e. The van der Waals surface area contributed by atoms with Crippen LogP contribution in [0.3, 0.4) is 0 Å². The molecule has 2 N–H and O–H groups in total. The zero-order chi connectivity index (χ0) is 17.4. The van der Waals surface area contributed by atoms with Crippen LogP contribution in [0.25, 0.3) is 0 Å². The Labute approximate surface area is 146 Å². The molecule has 6 heteroatoms. The number of piperidine rings is 1. The lowest BCUT2D eigenvalue weighted by Gasteiger charge is -2.30. The van der Waals surface area contributed by atoms with Crippen LogP contribution in [0.2, 0.25) is 0 Å². The molecule has 136 valence electrons. The standard InChI is InChI=1S/C18H33N5O/c1-14(2)17-12-16(24-22-17)13-21-18(19-4)20-8-5-9-23-10-6-15(3)7-11-23/h12,14-15H,5-11,13H2,1-4H3,(H2,19,20,21). The summed E-state index contributed by atoms with van der Waals surface area (Å²) >= 11 is 0. The van der Waals surface area contributed by atoms with E-state index in [-0.39, 0.29) is 0 Å². The van der Waals surface area contributed by atoms with Crippen LogP contribution in [0.4, 0.5) is 0 Å². The van der Waals surface area contributed by atoms with Crippen LogP contribution < -0.4 is 10.6 Å². The first kappa shape index (κ1) is 18.8. The summed E-state index contributed by atoms with van der Waals surface area (Å²) in [4.78, 5) is 6.83. The molecule has 0 spiro atoms. The van der Waals surface area contributed by atoms with Crippen LogP contribution in [0, 0.1) is 5.92 Å². The first-order valence-corrected chi connectivity index (χ1v) is 9.21. The molecular weight excluding hydrogens is 302 g/mol. The molecule has 0 unspecified atom stereocenters. The predicted octanol–water partition coefficient (Wildman–Crippen LogP) is 2.58. The van der Waals surface area contributed by atoms with Gasteiger partial charge in [-0.2, -0.15) is 0 Å². The molecule has 0 bridgehead atoms. The maximum atomic E-state index is 5.33. The normalized spacial score (nSPS) is 17.5. The average Bonchev–Trinajstić information content (AvgIpc) is 3.05. The molecule has 24 heavy (non-hydrogen) atoms. The summed E-state index contributed by atoms with van der Waals surface area (Å²) in [6, 6.07) is 2.00. The second-order valence-corrected chi connectivity index (χ2v) is 7.10. The zero-order valence-electron chi connectivity index (χ0n) is 15.6. The van der Waals surface area contributed by atoms with Gasteiger partial charge in [0, 0.05) is 19.7 Å².